The minimum atomic E-state index is -3.04. The van der Waals surface area contributed by atoms with Crippen LogP contribution < -0.4 is 4.74 Å². The Morgan fingerprint density at radius 2 is 2.09 bits per heavy atom. The third kappa shape index (κ3) is 4.06. The molecule has 0 unspecified atom stereocenters. The van der Waals surface area contributed by atoms with Crippen molar-refractivity contribution in [1.82, 2.24) is 4.90 Å². The van der Waals surface area contributed by atoms with Crippen LogP contribution in [0.1, 0.15) is 13.3 Å². The Balaban J connectivity index is 2.04. The average molecular weight is 366 g/mol. The molecule has 0 spiro atoms. The molecule has 5 nitrogen and oxygen atoms in total. The van der Waals surface area contributed by atoms with E-state index in [2.05, 4.69) is 0 Å². The van der Waals surface area contributed by atoms with Crippen molar-refractivity contribution in [3.05, 3.63) is 28.2 Å². The maximum Gasteiger partial charge on any atom is 0.263 e. The summed E-state index contributed by atoms with van der Waals surface area (Å²) in [6.07, 6.45) is -0.334. The van der Waals surface area contributed by atoms with Crippen LogP contribution in [0.15, 0.2) is 18.2 Å². The highest BCUT2D eigenvalue weighted by atomic mass is 35.5. The van der Waals surface area contributed by atoms with E-state index in [4.69, 9.17) is 27.9 Å². The van der Waals surface area contributed by atoms with E-state index in [1.807, 2.05) is 0 Å². The third-order valence-corrected chi connectivity index (χ3v) is 5.95. The normalized spacial score (nSPS) is 21.4. The van der Waals surface area contributed by atoms with Gasteiger partial charge in [0.2, 0.25) is 0 Å². The molecule has 0 N–H and O–H groups in total. The lowest BCUT2D eigenvalue weighted by molar-refractivity contribution is -0.138. The maximum atomic E-state index is 12.4. The minimum absolute atomic E-state index is 0.000118. The fraction of sp³-hybridized carbons (Fsp3) is 0.500. The van der Waals surface area contributed by atoms with Crippen LogP contribution >= 0.6 is 23.2 Å². The number of rotatable bonds is 4. The van der Waals surface area contributed by atoms with Crippen LogP contribution in [0.4, 0.5) is 0 Å². The van der Waals surface area contributed by atoms with E-state index >= 15 is 0 Å². The number of ether oxygens (including phenoxy) is 1. The molecule has 1 aromatic rings. The van der Waals surface area contributed by atoms with Gasteiger partial charge in [-0.05, 0) is 25.5 Å². The summed E-state index contributed by atoms with van der Waals surface area (Å²) in [6.45, 7) is 1.60. The lowest BCUT2D eigenvalue weighted by atomic mass is 10.2. The summed E-state index contributed by atoms with van der Waals surface area (Å²) in [5, 5.41) is 0.810. The number of halogens is 2. The lowest BCUT2D eigenvalue weighted by Gasteiger charge is -2.27. The third-order valence-electron chi connectivity index (χ3n) is 3.65. The standard InChI is InChI=1S/C14H17Cl2NO4S/c1-9(21-13-7-10(15)3-4-12(13)16)14(18)17(2)11-5-6-22(19,20)8-11/h3-4,7,9,11H,5-6,8H2,1-2H3/t9-,11+/m1/s1. The molecular weight excluding hydrogens is 349 g/mol. The zero-order valence-electron chi connectivity index (χ0n) is 12.3. The highest BCUT2D eigenvalue weighted by Gasteiger charge is 2.34. The van der Waals surface area contributed by atoms with Gasteiger partial charge in [0.15, 0.2) is 15.9 Å². The first-order valence-corrected chi connectivity index (χ1v) is 9.36. The summed E-state index contributed by atoms with van der Waals surface area (Å²) in [5.41, 5.74) is 0. The molecule has 1 heterocycles. The Labute approximate surface area is 140 Å². The van der Waals surface area contributed by atoms with Crippen LogP contribution in [0, 0.1) is 0 Å². The van der Waals surface area contributed by atoms with Gasteiger partial charge in [-0.1, -0.05) is 23.2 Å². The van der Waals surface area contributed by atoms with E-state index in [-0.39, 0.29) is 23.5 Å². The molecule has 22 heavy (non-hydrogen) atoms. The summed E-state index contributed by atoms with van der Waals surface area (Å²) < 4.78 is 28.6. The van der Waals surface area contributed by atoms with Gasteiger partial charge in [-0.2, -0.15) is 0 Å². The SMILES string of the molecule is C[C@@H](Oc1cc(Cl)ccc1Cl)C(=O)N(C)[C@H]1CCS(=O)(=O)C1. The van der Waals surface area contributed by atoms with Gasteiger partial charge in [0.05, 0.1) is 16.5 Å². The fourth-order valence-corrected chi connectivity index (χ4v) is 4.45. The van der Waals surface area contributed by atoms with Crippen molar-refractivity contribution in [1.29, 1.82) is 0 Å². The van der Waals surface area contributed by atoms with Crippen molar-refractivity contribution >= 4 is 38.9 Å². The quantitative estimate of drug-likeness (QED) is 0.821. The highest BCUT2D eigenvalue weighted by Crippen LogP contribution is 2.29. The zero-order valence-corrected chi connectivity index (χ0v) is 14.6. The second kappa shape index (κ2) is 6.64. The molecule has 2 atom stereocenters. The van der Waals surface area contributed by atoms with E-state index in [9.17, 15) is 13.2 Å². The Morgan fingerprint density at radius 3 is 2.68 bits per heavy atom. The Bertz CT molecular complexity index is 677. The van der Waals surface area contributed by atoms with Crippen LogP contribution in [-0.2, 0) is 14.6 Å². The number of benzene rings is 1. The number of nitrogens with zero attached hydrogens (tertiary/aromatic N) is 1. The summed E-state index contributed by atoms with van der Waals surface area (Å²) >= 11 is 11.9. The predicted octanol–water partition coefficient (Wildman–Crippen LogP) is 2.41. The summed E-state index contributed by atoms with van der Waals surface area (Å²) in [6, 6.07) is 4.44. The maximum absolute atomic E-state index is 12.4. The molecule has 0 aliphatic carbocycles. The number of likely N-dealkylation sites (N-methyl/N-ethyl adjacent to an activating group) is 1. The smallest absolute Gasteiger partial charge is 0.263 e. The molecule has 1 aliphatic rings. The van der Waals surface area contributed by atoms with E-state index in [1.54, 1.807) is 26.1 Å². The molecule has 0 saturated carbocycles. The first-order valence-electron chi connectivity index (χ1n) is 6.78. The van der Waals surface area contributed by atoms with Crippen LogP contribution in [0.5, 0.6) is 5.75 Å². The van der Waals surface area contributed by atoms with Gasteiger partial charge in [0.25, 0.3) is 5.91 Å². The molecule has 122 valence electrons. The van der Waals surface area contributed by atoms with Gasteiger partial charge in [-0.15, -0.1) is 0 Å². The zero-order chi connectivity index (χ0) is 16.5. The molecule has 0 bridgehead atoms. The van der Waals surface area contributed by atoms with Crippen LogP contribution in [-0.4, -0.2) is 49.9 Å². The van der Waals surface area contributed by atoms with Gasteiger partial charge in [0, 0.05) is 24.2 Å². The van der Waals surface area contributed by atoms with Crippen molar-refractivity contribution in [2.45, 2.75) is 25.5 Å². The second-order valence-electron chi connectivity index (χ2n) is 5.34. The molecule has 0 aromatic heterocycles. The van der Waals surface area contributed by atoms with E-state index in [0.717, 1.165) is 0 Å². The van der Waals surface area contributed by atoms with Crippen molar-refractivity contribution in [3.8, 4) is 5.75 Å². The highest BCUT2D eigenvalue weighted by molar-refractivity contribution is 7.91. The van der Waals surface area contributed by atoms with Gasteiger partial charge >= 0.3 is 0 Å². The summed E-state index contributed by atoms with van der Waals surface area (Å²) in [4.78, 5) is 13.8. The average Bonchev–Trinajstić information content (AvgIpc) is 2.81. The van der Waals surface area contributed by atoms with Gasteiger partial charge < -0.3 is 9.64 Å². The van der Waals surface area contributed by atoms with Crippen LogP contribution in [0.25, 0.3) is 0 Å². The molecule has 1 fully saturated rings. The minimum Gasteiger partial charge on any atom is -0.479 e. The predicted molar refractivity (Wildman–Crippen MR) is 86.4 cm³/mol. The monoisotopic (exact) mass is 365 g/mol. The van der Waals surface area contributed by atoms with Gasteiger partial charge in [0.1, 0.15) is 5.75 Å². The Morgan fingerprint density at radius 1 is 1.41 bits per heavy atom. The molecular formula is C14H17Cl2NO4S. The molecule has 1 aromatic carbocycles. The molecule has 1 saturated heterocycles. The largest absolute Gasteiger partial charge is 0.479 e. The number of hydrogen-bond donors (Lipinski definition) is 0. The topological polar surface area (TPSA) is 63.7 Å². The van der Waals surface area contributed by atoms with Crippen LogP contribution in [0.2, 0.25) is 10.0 Å². The Hall–Kier alpha value is -0.980. The summed E-state index contributed by atoms with van der Waals surface area (Å²) in [5.74, 6) is 0.144. The van der Waals surface area contributed by atoms with Crippen molar-refractivity contribution in [2.24, 2.45) is 0 Å². The molecule has 1 amide bonds. The lowest BCUT2D eigenvalue weighted by Crippen LogP contribution is -2.44. The van der Waals surface area contributed by atoms with E-state index in [1.165, 1.54) is 11.0 Å². The number of carbonyl (C=O) groups excluding carboxylic acids is 1. The Kier molecular flexibility index (Phi) is 5.25. The molecule has 1 aliphatic heterocycles. The fourth-order valence-electron chi connectivity index (χ4n) is 2.36. The van der Waals surface area contributed by atoms with Crippen molar-refractivity contribution in [2.75, 3.05) is 18.6 Å². The molecule has 0 radical (unpaired) electrons. The first kappa shape index (κ1) is 17.4. The number of hydrogen-bond acceptors (Lipinski definition) is 4. The summed E-state index contributed by atoms with van der Waals surface area (Å²) in [7, 11) is -1.45. The first-order chi connectivity index (χ1) is 10.2. The number of carbonyl (C=O) groups is 1. The number of amides is 1. The van der Waals surface area contributed by atoms with E-state index in [0.29, 0.717) is 22.2 Å². The van der Waals surface area contributed by atoms with Gasteiger partial charge in [-0.25, -0.2) is 8.42 Å². The van der Waals surface area contributed by atoms with Crippen molar-refractivity contribution in [3.63, 3.8) is 0 Å². The molecule has 8 heteroatoms. The van der Waals surface area contributed by atoms with Crippen LogP contribution in [0.3, 0.4) is 0 Å². The number of sulfone groups is 1. The van der Waals surface area contributed by atoms with Crippen molar-refractivity contribution < 1.29 is 17.9 Å². The van der Waals surface area contributed by atoms with Gasteiger partial charge in [-0.3, -0.25) is 4.79 Å². The van der Waals surface area contributed by atoms with E-state index < -0.39 is 15.9 Å². The molecule has 2 rings (SSSR count). The second-order valence-corrected chi connectivity index (χ2v) is 8.41.